The number of quaternary nitrogens is 1. The first kappa shape index (κ1) is 19.0. The van der Waals surface area contributed by atoms with Crippen LogP contribution in [0.1, 0.15) is 6.92 Å². The minimum Gasteiger partial charge on any atom is -0.748 e. The van der Waals surface area contributed by atoms with Crippen LogP contribution in [0.3, 0.4) is 0 Å². The summed E-state index contributed by atoms with van der Waals surface area (Å²) in [6, 6.07) is 0. The van der Waals surface area contributed by atoms with E-state index in [9.17, 15) is 22.9 Å². The van der Waals surface area contributed by atoms with E-state index in [1.54, 1.807) is 21.0 Å². The summed E-state index contributed by atoms with van der Waals surface area (Å²) in [6.45, 7) is 5.64. The molecule has 0 aromatic rings. The van der Waals surface area contributed by atoms with Gasteiger partial charge in [0.05, 0.1) is 30.0 Å². The molecule has 0 spiro atoms. The second kappa shape index (κ2) is 7.70. The number of carbonyl (C=O) groups is 1. The molecule has 0 rings (SSSR count). The number of nitrogens with one attached hydrogen (secondary N) is 1. The molecule has 0 bridgehead atoms. The Balaban J connectivity index is 4.07. The van der Waals surface area contributed by atoms with Crippen molar-refractivity contribution < 1.29 is 32.2 Å². The predicted octanol–water partition coefficient (Wildman–Crippen LogP) is -1.41. The predicted molar refractivity (Wildman–Crippen MR) is 71.3 cm³/mol. The Morgan fingerprint density at radius 2 is 2.05 bits per heavy atom. The van der Waals surface area contributed by atoms with E-state index in [4.69, 9.17) is 4.84 Å². The van der Waals surface area contributed by atoms with Gasteiger partial charge in [-0.2, -0.15) is 0 Å². The van der Waals surface area contributed by atoms with Gasteiger partial charge in [0.1, 0.15) is 25.8 Å². The van der Waals surface area contributed by atoms with Crippen LogP contribution in [0.15, 0.2) is 12.2 Å². The zero-order valence-electron chi connectivity index (χ0n) is 12.0. The molecule has 0 saturated heterocycles. The molecule has 1 unspecified atom stereocenters. The van der Waals surface area contributed by atoms with E-state index in [2.05, 4.69) is 12.1 Å². The highest BCUT2D eigenvalue weighted by Gasteiger charge is 2.22. The molecule has 0 radical (unpaired) electrons. The van der Waals surface area contributed by atoms with Gasteiger partial charge in [0, 0.05) is 5.57 Å². The summed E-state index contributed by atoms with van der Waals surface area (Å²) in [6.07, 6.45) is -1.24. The fourth-order valence-electron chi connectivity index (χ4n) is 1.45. The molecule has 9 heteroatoms. The first-order chi connectivity index (χ1) is 8.93. The van der Waals surface area contributed by atoms with E-state index in [1.165, 1.54) is 0 Å². The molecular formula is C11H22N2O6S. The largest absolute Gasteiger partial charge is 0.748 e. The fraction of sp³-hybridized carbons (Fsp3) is 0.727. The SMILES string of the molecule is C=C(C)C(=O)NOCC[N+](C)(C)CC(O)CS(=O)(=O)[O-]. The van der Waals surface area contributed by atoms with Gasteiger partial charge >= 0.3 is 0 Å². The van der Waals surface area contributed by atoms with E-state index >= 15 is 0 Å². The van der Waals surface area contributed by atoms with Crippen molar-refractivity contribution in [2.45, 2.75) is 13.0 Å². The van der Waals surface area contributed by atoms with Crippen LogP contribution < -0.4 is 5.48 Å². The number of aliphatic hydroxyl groups is 1. The Labute approximate surface area is 119 Å². The molecule has 1 atom stereocenters. The molecule has 0 aliphatic carbocycles. The van der Waals surface area contributed by atoms with Gasteiger partial charge in [0.25, 0.3) is 5.91 Å². The molecule has 8 nitrogen and oxygen atoms in total. The third-order valence-corrected chi connectivity index (χ3v) is 3.25. The summed E-state index contributed by atoms with van der Waals surface area (Å²) >= 11 is 0. The van der Waals surface area contributed by atoms with Crippen molar-refractivity contribution in [2.24, 2.45) is 0 Å². The lowest BCUT2D eigenvalue weighted by molar-refractivity contribution is -0.893. The number of amides is 1. The van der Waals surface area contributed by atoms with Crippen LogP contribution in [-0.4, -0.2) is 74.1 Å². The maximum Gasteiger partial charge on any atom is 0.269 e. The topological polar surface area (TPSA) is 116 Å². The molecule has 0 fully saturated rings. The van der Waals surface area contributed by atoms with Crippen molar-refractivity contribution in [3.63, 3.8) is 0 Å². The fourth-order valence-corrected chi connectivity index (χ4v) is 2.02. The van der Waals surface area contributed by atoms with Crippen molar-refractivity contribution >= 4 is 16.0 Å². The summed E-state index contributed by atoms with van der Waals surface area (Å²) in [5, 5.41) is 9.52. The number of carbonyl (C=O) groups excluding carboxylic acids is 1. The molecule has 2 N–H and O–H groups in total. The maximum atomic E-state index is 11.1. The number of hydrogen-bond donors (Lipinski definition) is 2. The van der Waals surface area contributed by atoms with Crippen LogP contribution in [-0.2, 0) is 19.8 Å². The van der Waals surface area contributed by atoms with Crippen LogP contribution in [0, 0.1) is 0 Å². The number of hydrogen-bond acceptors (Lipinski definition) is 6. The monoisotopic (exact) mass is 310 g/mol. The molecule has 1 amide bonds. The molecule has 0 aromatic heterocycles. The van der Waals surface area contributed by atoms with Crippen LogP contribution in [0.5, 0.6) is 0 Å². The van der Waals surface area contributed by atoms with Crippen LogP contribution in [0.4, 0.5) is 0 Å². The lowest BCUT2D eigenvalue weighted by atomic mass is 10.3. The maximum absolute atomic E-state index is 11.1. The summed E-state index contributed by atoms with van der Waals surface area (Å²) in [7, 11) is -0.968. The van der Waals surface area contributed by atoms with Gasteiger partial charge in [-0.1, -0.05) is 6.58 Å². The smallest absolute Gasteiger partial charge is 0.269 e. The average Bonchev–Trinajstić information content (AvgIpc) is 2.19. The molecule has 0 aliphatic rings. The van der Waals surface area contributed by atoms with Gasteiger partial charge in [0.15, 0.2) is 0 Å². The average molecular weight is 310 g/mol. The molecule has 0 aliphatic heterocycles. The summed E-state index contributed by atoms with van der Waals surface area (Å²) < 4.78 is 31.8. The number of aliphatic hydroxyl groups excluding tert-OH is 1. The Bertz CT molecular complexity index is 446. The highest BCUT2D eigenvalue weighted by molar-refractivity contribution is 7.85. The summed E-state index contributed by atoms with van der Waals surface area (Å²) in [4.78, 5) is 16.1. The molecule has 0 aromatic carbocycles. The molecule has 20 heavy (non-hydrogen) atoms. The van der Waals surface area contributed by atoms with Gasteiger partial charge in [0.2, 0.25) is 0 Å². The summed E-state index contributed by atoms with van der Waals surface area (Å²) in [5.74, 6) is -1.24. The Morgan fingerprint density at radius 1 is 1.50 bits per heavy atom. The standard InChI is InChI=1S/C11H22N2O6S/c1-9(2)11(15)12-19-6-5-13(3,4)7-10(14)8-20(16,17)18/h10,14H,1,5-8H2,2-4H3,(H-,12,15,16,17,18). The Hall–Kier alpha value is -1.00. The second-order valence-corrected chi connectivity index (χ2v) is 6.73. The summed E-state index contributed by atoms with van der Waals surface area (Å²) in [5.41, 5.74) is 2.50. The van der Waals surface area contributed by atoms with Gasteiger partial charge in [-0.25, -0.2) is 13.9 Å². The van der Waals surface area contributed by atoms with E-state index in [0.717, 1.165) is 0 Å². The number of likely N-dealkylation sites (N-methyl/N-ethyl adjacent to an activating group) is 1. The van der Waals surface area contributed by atoms with Gasteiger partial charge in [-0.3, -0.25) is 9.63 Å². The lowest BCUT2D eigenvalue weighted by Crippen LogP contribution is -2.49. The normalized spacial score (nSPS) is 13.8. The first-order valence-electron chi connectivity index (χ1n) is 5.94. The van der Waals surface area contributed by atoms with Crippen molar-refractivity contribution in [3.8, 4) is 0 Å². The lowest BCUT2D eigenvalue weighted by Gasteiger charge is -2.31. The van der Waals surface area contributed by atoms with Gasteiger partial charge in [-0.15, -0.1) is 0 Å². The Morgan fingerprint density at radius 3 is 2.50 bits per heavy atom. The first-order valence-corrected chi connectivity index (χ1v) is 7.52. The highest BCUT2D eigenvalue weighted by atomic mass is 32.2. The number of nitrogens with zero attached hydrogens (tertiary/aromatic N) is 1. The second-order valence-electron chi connectivity index (χ2n) is 5.28. The molecule has 118 valence electrons. The molecule has 0 saturated carbocycles. The van der Waals surface area contributed by atoms with Gasteiger partial charge < -0.3 is 14.1 Å². The van der Waals surface area contributed by atoms with Crippen LogP contribution >= 0.6 is 0 Å². The van der Waals surface area contributed by atoms with E-state index in [-0.39, 0.29) is 17.6 Å². The minimum absolute atomic E-state index is 0.0826. The van der Waals surface area contributed by atoms with Crippen molar-refractivity contribution in [2.75, 3.05) is 39.5 Å². The zero-order valence-corrected chi connectivity index (χ0v) is 12.8. The third-order valence-electron chi connectivity index (χ3n) is 2.45. The van der Waals surface area contributed by atoms with Crippen LogP contribution in [0.2, 0.25) is 0 Å². The quantitative estimate of drug-likeness (QED) is 0.178. The van der Waals surface area contributed by atoms with Gasteiger partial charge in [-0.05, 0) is 6.92 Å². The van der Waals surface area contributed by atoms with Crippen LogP contribution in [0.25, 0.3) is 0 Å². The van der Waals surface area contributed by atoms with Crippen molar-refractivity contribution in [1.82, 2.24) is 5.48 Å². The van der Waals surface area contributed by atoms with E-state index in [0.29, 0.717) is 12.1 Å². The van der Waals surface area contributed by atoms with E-state index < -0.39 is 27.9 Å². The highest BCUT2D eigenvalue weighted by Crippen LogP contribution is 2.02. The zero-order chi connectivity index (χ0) is 16.0. The number of hydroxylamine groups is 1. The van der Waals surface area contributed by atoms with Crippen molar-refractivity contribution in [1.29, 1.82) is 0 Å². The molecular weight excluding hydrogens is 288 g/mol. The Kier molecular flexibility index (Phi) is 7.31. The van der Waals surface area contributed by atoms with Crippen molar-refractivity contribution in [3.05, 3.63) is 12.2 Å². The van der Waals surface area contributed by atoms with E-state index in [1.807, 2.05) is 0 Å². The minimum atomic E-state index is -4.45. The number of rotatable bonds is 9. The third kappa shape index (κ3) is 9.87. The molecule has 0 heterocycles.